The molecule has 0 saturated heterocycles. The first kappa shape index (κ1) is 10.4. The highest BCUT2D eigenvalue weighted by atomic mass is 14.8. The van der Waals surface area contributed by atoms with E-state index in [2.05, 4.69) is 36.0 Å². The minimum absolute atomic E-state index is 0.685. The van der Waals surface area contributed by atoms with E-state index in [1.165, 1.54) is 10.8 Å². The van der Waals surface area contributed by atoms with Crippen LogP contribution in [0.2, 0.25) is 0 Å². The number of hydrogen-bond donors (Lipinski definition) is 1. The first-order chi connectivity index (χ1) is 7.72. The van der Waals surface area contributed by atoms with E-state index in [9.17, 15) is 0 Å². The average Bonchev–Trinajstić information content (AvgIpc) is 2.29. The summed E-state index contributed by atoms with van der Waals surface area (Å²) in [6, 6.07) is 14.4. The van der Waals surface area contributed by atoms with Gasteiger partial charge < -0.3 is 5.73 Å². The highest BCUT2D eigenvalue weighted by Gasteiger charge is 2.02. The number of rotatable bonds is 2. The summed E-state index contributed by atoms with van der Waals surface area (Å²) < 4.78 is 0. The van der Waals surface area contributed by atoms with Gasteiger partial charge in [0.1, 0.15) is 0 Å². The van der Waals surface area contributed by atoms with E-state index in [4.69, 9.17) is 5.73 Å². The third kappa shape index (κ3) is 1.82. The molecule has 2 nitrogen and oxygen atoms in total. The Morgan fingerprint density at radius 3 is 2.44 bits per heavy atom. The molecule has 0 aliphatic rings. The van der Waals surface area contributed by atoms with Gasteiger partial charge in [-0.05, 0) is 30.5 Å². The van der Waals surface area contributed by atoms with Crippen LogP contribution in [0.4, 0.5) is 0 Å². The summed E-state index contributed by atoms with van der Waals surface area (Å²) in [5.74, 6) is 0. The molecule has 0 aliphatic carbocycles. The van der Waals surface area contributed by atoms with Crippen LogP contribution in [-0.2, 0) is 0 Å². The molecule has 0 fully saturated rings. The quantitative estimate of drug-likeness (QED) is 0.759. The second-order valence-electron chi connectivity index (χ2n) is 3.75. The van der Waals surface area contributed by atoms with E-state index < -0.39 is 0 Å². The summed E-state index contributed by atoms with van der Waals surface area (Å²) in [6.07, 6.45) is 0. The van der Waals surface area contributed by atoms with Crippen LogP contribution in [0, 0.1) is 0 Å². The van der Waals surface area contributed by atoms with Crippen molar-refractivity contribution in [2.24, 2.45) is 10.7 Å². The average molecular weight is 210 g/mol. The van der Waals surface area contributed by atoms with Crippen LogP contribution in [0.1, 0.15) is 12.5 Å². The molecule has 0 aliphatic heterocycles. The zero-order valence-corrected chi connectivity index (χ0v) is 9.27. The fraction of sp³-hybridized carbons (Fsp3) is 0.0714. The van der Waals surface area contributed by atoms with Crippen molar-refractivity contribution < 1.29 is 0 Å². The molecule has 0 amide bonds. The molecule has 0 bridgehead atoms. The van der Waals surface area contributed by atoms with Crippen molar-refractivity contribution in [2.45, 2.75) is 6.92 Å². The second kappa shape index (κ2) is 4.19. The zero-order valence-electron chi connectivity index (χ0n) is 9.27. The van der Waals surface area contributed by atoms with Gasteiger partial charge in [0.25, 0.3) is 0 Å². The number of fused-ring (bicyclic) bond motifs is 1. The highest BCUT2D eigenvalue weighted by Crippen LogP contribution is 2.22. The molecule has 0 atom stereocenters. The molecule has 2 heteroatoms. The third-order valence-corrected chi connectivity index (χ3v) is 2.55. The van der Waals surface area contributed by atoms with Crippen molar-refractivity contribution in [1.82, 2.24) is 0 Å². The Kier molecular flexibility index (Phi) is 2.73. The lowest BCUT2D eigenvalue weighted by Gasteiger charge is -2.05. The normalized spacial score (nSPS) is 12.3. The monoisotopic (exact) mass is 210 g/mol. The zero-order chi connectivity index (χ0) is 11.5. The minimum atomic E-state index is 0.685. The van der Waals surface area contributed by atoms with Gasteiger partial charge in [-0.15, -0.1) is 0 Å². The molecule has 0 spiro atoms. The molecular formula is C14H14N2. The van der Waals surface area contributed by atoms with E-state index in [0.717, 1.165) is 11.3 Å². The first-order valence-corrected chi connectivity index (χ1v) is 5.14. The molecule has 0 aromatic heterocycles. The van der Waals surface area contributed by atoms with Crippen LogP contribution in [-0.4, -0.2) is 6.72 Å². The van der Waals surface area contributed by atoms with Gasteiger partial charge in [-0.1, -0.05) is 36.4 Å². The predicted octanol–water partition coefficient (Wildman–Crippen LogP) is 3.19. The molecule has 80 valence electrons. The maximum Gasteiger partial charge on any atom is 0.0878 e. The second-order valence-corrected chi connectivity index (χ2v) is 3.75. The lowest BCUT2D eigenvalue weighted by molar-refractivity contribution is 1.29. The Hall–Kier alpha value is -2.09. The van der Waals surface area contributed by atoms with E-state index in [0.29, 0.717) is 5.70 Å². The highest BCUT2D eigenvalue weighted by molar-refractivity contribution is 5.86. The fourth-order valence-electron chi connectivity index (χ4n) is 1.78. The Bertz CT molecular complexity index is 564. The van der Waals surface area contributed by atoms with Gasteiger partial charge in [0.2, 0.25) is 0 Å². The van der Waals surface area contributed by atoms with Crippen LogP contribution in [0.5, 0.6) is 0 Å². The van der Waals surface area contributed by atoms with E-state index in [1.807, 2.05) is 25.1 Å². The van der Waals surface area contributed by atoms with Crippen LogP contribution in [0.25, 0.3) is 16.5 Å². The van der Waals surface area contributed by atoms with E-state index >= 15 is 0 Å². The summed E-state index contributed by atoms with van der Waals surface area (Å²) in [5, 5.41) is 2.40. The summed E-state index contributed by atoms with van der Waals surface area (Å²) in [5.41, 5.74) is 8.22. The lowest BCUT2D eigenvalue weighted by Crippen LogP contribution is -1.96. The topological polar surface area (TPSA) is 38.4 Å². The minimum Gasteiger partial charge on any atom is -0.401 e. The number of nitrogens with two attached hydrogens (primary N) is 1. The van der Waals surface area contributed by atoms with Gasteiger partial charge in [-0.2, -0.15) is 0 Å². The number of allylic oxidation sites excluding steroid dienone is 1. The van der Waals surface area contributed by atoms with Crippen molar-refractivity contribution >= 4 is 23.2 Å². The largest absolute Gasteiger partial charge is 0.401 e. The van der Waals surface area contributed by atoms with Crippen molar-refractivity contribution in [3.05, 3.63) is 53.7 Å². The van der Waals surface area contributed by atoms with Crippen LogP contribution >= 0.6 is 0 Å². The molecule has 0 heterocycles. The van der Waals surface area contributed by atoms with E-state index in [1.54, 1.807) is 0 Å². The molecule has 2 rings (SSSR count). The Labute approximate surface area is 95.1 Å². The Morgan fingerprint density at radius 1 is 1.12 bits per heavy atom. The van der Waals surface area contributed by atoms with Crippen LogP contribution < -0.4 is 5.73 Å². The summed E-state index contributed by atoms with van der Waals surface area (Å²) in [7, 11) is 0. The molecule has 0 saturated carbocycles. The predicted molar refractivity (Wildman–Crippen MR) is 70.3 cm³/mol. The van der Waals surface area contributed by atoms with Gasteiger partial charge in [0.15, 0.2) is 0 Å². The molecule has 16 heavy (non-hydrogen) atoms. The van der Waals surface area contributed by atoms with Gasteiger partial charge >= 0.3 is 0 Å². The van der Waals surface area contributed by atoms with Gasteiger partial charge in [0, 0.05) is 11.3 Å². The van der Waals surface area contributed by atoms with Crippen molar-refractivity contribution in [1.29, 1.82) is 0 Å². The molecule has 2 aromatic rings. The van der Waals surface area contributed by atoms with Gasteiger partial charge in [-0.3, -0.25) is 4.99 Å². The Balaban J connectivity index is 2.63. The number of nitrogens with zero attached hydrogens (tertiary/aromatic N) is 1. The van der Waals surface area contributed by atoms with Crippen molar-refractivity contribution in [3.63, 3.8) is 0 Å². The maximum absolute atomic E-state index is 5.77. The summed E-state index contributed by atoms with van der Waals surface area (Å²) in [4.78, 5) is 3.97. The molecule has 2 aromatic carbocycles. The van der Waals surface area contributed by atoms with Gasteiger partial charge in [-0.25, -0.2) is 0 Å². The van der Waals surface area contributed by atoms with Crippen LogP contribution in [0.15, 0.2) is 53.2 Å². The number of hydrogen-bond acceptors (Lipinski definition) is 2. The molecule has 2 N–H and O–H groups in total. The first-order valence-electron chi connectivity index (χ1n) is 5.14. The standard InChI is InChI=1S/C14H14N2/c1-10(15)14(16-2)13-8-7-11-5-3-4-6-12(11)9-13/h3-9H,2,15H2,1H3/b14-10+. The number of aliphatic imine (C=N–C) groups is 1. The summed E-state index contributed by atoms with van der Waals surface area (Å²) in [6.45, 7) is 5.38. The van der Waals surface area contributed by atoms with Crippen LogP contribution in [0.3, 0.4) is 0 Å². The smallest absolute Gasteiger partial charge is 0.0878 e. The maximum atomic E-state index is 5.77. The lowest BCUT2D eigenvalue weighted by atomic mass is 10.0. The SMILES string of the molecule is C=N/C(=C(\C)N)c1ccc2ccccc2c1. The summed E-state index contributed by atoms with van der Waals surface area (Å²) >= 11 is 0. The molecule has 0 radical (unpaired) electrons. The number of benzene rings is 2. The fourth-order valence-corrected chi connectivity index (χ4v) is 1.78. The van der Waals surface area contributed by atoms with Gasteiger partial charge in [0.05, 0.1) is 5.70 Å². The molecular weight excluding hydrogens is 196 g/mol. The van der Waals surface area contributed by atoms with Crippen molar-refractivity contribution in [2.75, 3.05) is 0 Å². The Morgan fingerprint density at radius 2 is 1.81 bits per heavy atom. The van der Waals surface area contributed by atoms with E-state index in [-0.39, 0.29) is 0 Å². The van der Waals surface area contributed by atoms with Crippen molar-refractivity contribution in [3.8, 4) is 0 Å². The third-order valence-electron chi connectivity index (χ3n) is 2.55. The molecule has 0 unspecified atom stereocenters.